The molecule has 2 aromatic carbocycles. The van der Waals surface area contributed by atoms with Gasteiger partial charge in [-0.05, 0) is 101 Å². The summed E-state index contributed by atoms with van der Waals surface area (Å²) < 4.78 is 77.7. The molecule has 8 aromatic rings. The third-order valence-corrected chi connectivity index (χ3v) is 13.1. The van der Waals surface area contributed by atoms with Crippen molar-refractivity contribution in [1.29, 1.82) is 0 Å². The van der Waals surface area contributed by atoms with Gasteiger partial charge in [-0.2, -0.15) is 17.6 Å². The minimum absolute atomic E-state index is 0.0217. The first-order valence-corrected chi connectivity index (χ1v) is 24.2. The summed E-state index contributed by atoms with van der Waals surface area (Å²) in [6.45, 7) is -0.142. The third-order valence-electron chi connectivity index (χ3n) is 12.7. The minimum atomic E-state index is -3.03. The van der Waals surface area contributed by atoms with E-state index in [1.165, 1.54) is 24.3 Å². The number of carbonyl (C=O) groups excluding carboxylic acids is 2. The largest absolute Gasteiger partial charge is 0.435 e. The number of primary amides is 2. The predicted molar refractivity (Wildman–Crippen MR) is 268 cm³/mol. The van der Waals surface area contributed by atoms with Crippen LogP contribution in [0.3, 0.4) is 0 Å². The normalized spacial score (nSPS) is 17.2. The summed E-state index contributed by atoms with van der Waals surface area (Å²) in [6, 6.07) is 15.9. The van der Waals surface area contributed by atoms with Crippen LogP contribution in [-0.4, -0.2) is 87.2 Å². The average Bonchev–Trinajstić information content (AvgIpc) is 4.19. The van der Waals surface area contributed by atoms with Crippen molar-refractivity contribution in [2.24, 2.45) is 11.5 Å². The molecule has 0 aliphatic heterocycles. The van der Waals surface area contributed by atoms with E-state index in [2.05, 4.69) is 29.9 Å². The van der Waals surface area contributed by atoms with Crippen molar-refractivity contribution in [3.8, 4) is 34.0 Å². The zero-order valence-corrected chi connectivity index (χ0v) is 42.4. The number of pyridine rings is 2. The second-order valence-electron chi connectivity index (χ2n) is 19.0. The van der Waals surface area contributed by atoms with E-state index in [9.17, 15) is 37.4 Å². The van der Waals surface area contributed by atoms with Crippen molar-refractivity contribution in [3.63, 3.8) is 0 Å². The van der Waals surface area contributed by atoms with Crippen LogP contribution in [0, 0.1) is 0 Å². The Morgan fingerprint density at radius 1 is 0.632 bits per heavy atom. The first-order valence-electron chi connectivity index (χ1n) is 23.4. The van der Waals surface area contributed by atoms with Gasteiger partial charge in [-0.1, -0.05) is 23.2 Å². The summed E-state index contributed by atoms with van der Waals surface area (Å²) in [7, 11) is 0. The number of nitrogens with two attached hydrogens (primary N) is 2. The molecule has 6 heterocycles. The van der Waals surface area contributed by atoms with E-state index in [4.69, 9.17) is 53.6 Å². The van der Waals surface area contributed by atoms with Gasteiger partial charge >= 0.3 is 13.2 Å². The van der Waals surface area contributed by atoms with Crippen LogP contribution in [-0.2, 0) is 30.3 Å². The van der Waals surface area contributed by atoms with Crippen LogP contribution in [0.1, 0.15) is 110 Å². The van der Waals surface area contributed by atoms with E-state index >= 15 is 0 Å². The Hall–Kier alpha value is -7.34. The number of halogens is 6. The van der Waals surface area contributed by atoms with E-state index in [0.29, 0.717) is 102 Å². The molecule has 4 atom stereocenters. The molecular weight excluding hydrogens is 1040 g/mol. The van der Waals surface area contributed by atoms with E-state index in [-0.39, 0.29) is 24.7 Å². The zero-order chi connectivity index (χ0) is 54.4. The fourth-order valence-electron chi connectivity index (χ4n) is 9.33. The molecule has 6 aromatic heterocycles. The smallest absolute Gasteiger partial charge is 0.387 e. The lowest BCUT2D eigenvalue weighted by Gasteiger charge is -2.19. The Morgan fingerprint density at radius 3 is 1.36 bits per heavy atom. The van der Waals surface area contributed by atoms with Crippen molar-refractivity contribution >= 4 is 46.3 Å². The van der Waals surface area contributed by atoms with E-state index in [1.54, 1.807) is 101 Å². The topological polar surface area (TPSA) is 250 Å². The zero-order valence-electron chi connectivity index (χ0n) is 40.9. The highest BCUT2D eigenvalue weighted by Gasteiger charge is 2.41. The van der Waals surface area contributed by atoms with Crippen LogP contribution in [0.15, 0.2) is 97.8 Å². The lowest BCUT2D eigenvalue weighted by Crippen LogP contribution is -2.19. The standard InChI is InChI=1S/2C26H24ClF2N5O4/c2*1-26(2,36)20-6-3-13(9-32-20)17-11-34-22(10-31-17)33-23-19(37-12-21(30)35)8-16(24(23)34)15-7-14(27)4-5-18(15)38-25(28)29/h2*3-7,9-11,16,19,25,36H,8,12H2,1-2H3,(H2,30,35)/t2*16-,19-/m10/s1. The maximum atomic E-state index is 13.2. The van der Waals surface area contributed by atoms with Crippen molar-refractivity contribution in [1.82, 2.24) is 38.7 Å². The Morgan fingerprint density at radius 2 is 1.03 bits per heavy atom. The van der Waals surface area contributed by atoms with E-state index in [0.717, 1.165) is 0 Å². The van der Waals surface area contributed by atoms with Crippen LogP contribution in [0.4, 0.5) is 17.6 Å². The van der Waals surface area contributed by atoms with Gasteiger partial charge in [-0.3, -0.25) is 38.3 Å². The fraction of sp³-hybridized carbons (Fsp3) is 0.308. The molecule has 18 nitrogen and oxygen atoms in total. The maximum absolute atomic E-state index is 13.2. The fourth-order valence-corrected chi connectivity index (χ4v) is 9.69. The monoisotopic (exact) mass is 1090 g/mol. The molecule has 0 unspecified atom stereocenters. The molecule has 0 radical (unpaired) electrons. The van der Waals surface area contributed by atoms with Crippen molar-refractivity contribution in [3.05, 3.63) is 153 Å². The van der Waals surface area contributed by atoms with Gasteiger partial charge < -0.3 is 40.6 Å². The van der Waals surface area contributed by atoms with Crippen molar-refractivity contribution in [2.75, 3.05) is 13.2 Å². The molecule has 0 bridgehead atoms. The number of fused-ring (bicyclic) bond motifs is 6. The summed E-state index contributed by atoms with van der Waals surface area (Å²) in [5.74, 6) is -2.34. The summed E-state index contributed by atoms with van der Waals surface area (Å²) in [5.41, 5.74) is 16.2. The number of aromatic nitrogens is 8. The summed E-state index contributed by atoms with van der Waals surface area (Å²) in [5, 5.41) is 21.1. The first kappa shape index (κ1) is 53.5. The number of hydrogen-bond acceptors (Lipinski definition) is 14. The maximum Gasteiger partial charge on any atom is 0.387 e. The number of nitrogens with zero attached hydrogens (tertiary/aromatic N) is 8. The van der Waals surface area contributed by atoms with Crippen LogP contribution in [0.5, 0.6) is 11.5 Å². The molecule has 24 heteroatoms. The van der Waals surface area contributed by atoms with Gasteiger partial charge in [0.2, 0.25) is 11.8 Å². The average molecular weight is 1090 g/mol. The Balaban J connectivity index is 0.000000186. The first-order chi connectivity index (χ1) is 36.0. The van der Waals surface area contributed by atoms with E-state index < -0.39 is 60.3 Å². The minimum Gasteiger partial charge on any atom is -0.435 e. The predicted octanol–water partition coefficient (Wildman–Crippen LogP) is 8.70. The molecule has 0 saturated carbocycles. The molecule has 76 heavy (non-hydrogen) atoms. The highest BCUT2D eigenvalue weighted by atomic mass is 35.5. The molecule has 2 aliphatic rings. The van der Waals surface area contributed by atoms with Gasteiger partial charge in [0, 0.05) is 68.9 Å². The molecule has 6 N–H and O–H groups in total. The van der Waals surface area contributed by atoms with E-state index in [1.807, 2.05) is 8.80 Å². The lowest BCUT2D eigenvalue weighted by molar-refractivity contribution is -0.125. The van der Waals surface area contributed by atoms with Gasteiger partial charge in [-0.25, -0.2) is 9.97 Å². The molecule has 0 fully saturated rings. The molecule has 0 saturated heterocycles. The summed E-state index contributed by atoms with van der Waals surface area (Å²) >= 11 is 12.5. The second kappa shape index (κ2) is 21.4. The highest BCUT2D eigenvalue weighted by Crippen LogP contribution is 2.51. The summed E-state index contributed by atoms with van der Waals surface area (Å²) in [6.07, 6.45) is 9.26. The lowest BCUT2D eigenvalue weighted by atomic mass is 9.95. The third kappa shape index (κ3) is 11.4. The summed E-state index contributed by atoms with van der Waals surface area (Å²) in [4.78, 5) is 49.9. The Bertz CT molecular complexity index is 3240. The number of carbonyl (C=O) groups is 2. The van der Waals surface area contributed by atoms with Crippen molar-refractivity contribution in [2.45, 2.75) is 89.0 Å². The number of imidazole rings is 2. The van der Waals surface area contributed by atoms with Crippen molar-refractivity contribution < 1.29 is 56.3 Å². The van der Waals surface area contributed by atoms with Crippen LogP contribution >= 0.6 is 23.2 Å². The molecule has 396 valence electrons. The van der Waals surface area contributed by atoms with Crippen LogP contribution < -0.4 is 20.9 Å². The quantitative estimate of drug-likeness (QED) is 0.0661. The molecule has 10 rings (SSSR count). The van der Waals surface area contributed by atoms with Gasteiger partial charge in [0.25, 0.3) is 0 Å². The SMILES string of the molecule is CC(C)(O)c1ccc(-c2cn3c4c(nc3cn2)[C@@H](OCC(N)=O)C[C@H]4c2cc(Cl)ccc2OC(F)F)cn1.CC(C)(O)c1ccc(-c2cn3c4c(nc3cn2)[C@H](OCC(N)=O)C[C@@H]4c2cc(Cl)ccc2OC(F)F)cn1. The molecule has 2 aliphatic carbocycles. The second-order valence-corrected chi connectivity index (χ2v) is 19.9. The number of alkyl halides is 4. The van der Waals surface area contributed by atoms with Gasteiger partial charge in [0.1, 0.15) is 48.1 Å². The van der Waals surface area contributed by atoms with Gasteiger partial charge in [-0.15, -0.1) is 0 Å². The number of hydrogen-bond donors (Lipinski definition) is 4. The van der Waals surface area contributed by atoms with Gasteiger partial charge in [0.15, 0.2) is 11.3 Å². The Kier molecular flexibility index (Phi) is 15.0. The highest BCUT2D eigenvalue weighted by molar-refractivity contribution is 6.31. The van der Waals surface area contributed by atoms with Crippen LogP contribution in [0.2, 0.25) is 10.0 Å². The Labute approximate surface area is 440 Å². The number of ether oxygens (including phenoxy) is 4. The number of benzene rings is 2. The number of amides is 2. The van der Waals surface area contributed by atoms with Crippen LogP contribution in [0.25, 0.3) is 33.8 Å². The number of rotatable bonds is 16. The molecule has 2 amide bonds. The molecule has 0 spiro atoms. The number of aliphatic hydroxyl groups is 2. The van der Waals surface area contributed by atoms with Gasteiger partial charge in [0.05, 0.1) is 57.9 Å². The molecular formula is C52H48Cl2F4N10O8.